The van der Waals surface area contributed by atoms with Gasteiger partial charge in [-0.05, 0) is 49.4 Å². The van der Waals surface area contributed by atoms with Crippen LogP contribution in [0.3, 0.4) is 0 Å². The quantitative estimate of drug-likeness (QED) is 0.814. The molecule has 0 unspecified atom stereocenters. The van der Waals surface area contributed by atoms with Crippen LogP contribution in [-0.4, -0.2) is 37.8 Å². The number of likely N-dealkylation sites (tertiary alicyclic amines) is 1. The number of fused-ring (bicyclic) bond motifs is 3. The molecule has 4 rings (SSSR count). The van der Waals surface area contributed by atoms with Gasteiger partial charge < -0.3 is 9.64 Å². The van der Waals surface area contributed by atoms with Crippen LogP contribution in [-0.2, 0) is 5.41 Å². The van der Waals surface area contributed by atoms with Gasteiger partial charge >= 0.3 is 6.09 Å². The number of nitrogens with zero attached hydrogens (tertiary/aromatic N) is 2. The summed E-state index contributed by atoms with van der Waals surface area (Å²) in [6.07, 6.45) is 0.990. The molecule has 0 spiro atoms. The number of para-hydroxylation sites is 1. The molecule has 2 aromatic carbocycles. The summed E-state index contributed by atoms with van der Waals surface area (Å²) in [6, 6.07) is 15.3. The van der Waals surface area contributed by atoms with E-state index < -0.39 is 6.09 Å². The molecule has 0 radical (unpaired) electrons. The Morgan fingerprint density at radius 1 is 1.19 bits per heavy atom. The smallest absolute Gasteiger partial charge is 0.410 e. The van der Waals surface area contributed by atoms with Crippen LogP contribution in [0, 0.1) is 0 Å². The summed E-state index contributed by atoms with van der Waals surface area (Å²) < 4.78 is 5.52. The number of hydrogen-bond donors (Lipinski definition) is 1. The van der Waals surface area contributed by atoms with Crippen LogP contribution in [0.25, 0.3) is 0 Å². The lowest BCUT2D eigenvalue weighted by Crippen LogP contribution is -2.45. The molecular formula is C22H31N3O2. The van der Waals surface area contributed by atoms with E-state index in [9.17, 15) is 4.79 Å². The summed E-state index contributed by atoms with van der Waals surface area (Å²) in [6.45, 7) is 7.38. The number of rotatable bonds is 2. The van der Waals surface area contributed by atoms with Crippen molar-refractivity contribution in [2.45, 2.75) is 38.8 Å². The van der Waals surface area contributed by atoms with Crippen LogP contribution < -0.4 is 15.0 Å². The molecule has 1 N–H and O–H groups in total. The van der Waals surface area contributed by atoms with Gasteiger partial charge in [-0.2, -0.15) is 0 Å². The number of carbonyl (C=O) groups is 1. The van der Waals surface area contributed by atoms with Gasteiger partial charge in [-0.3, -0.25) is 10.2 Å². The Hall–Kier alpha value is -2.53. The number of anilines is 2. The third-order valence-electron chi connectivity index (χ3n) is 5.53. The third kappa shape index (κ3) is 3.39. The number of ether oxygens (including phenoxy) is 1. The highest BCUT2D eigenvalue weighted by Gasteiger charge is 2.52. The molecule has 0 bridgehead atoms. The minimum Gasteiger partial charge on any atom is -0.410 e. The zero-order valence-electron chi connectivity index (χ0n) is 16.8. The van der Waals surface area contributed by atoms with Gasteiger partial charge in [0.05, 0.1) is 6.17 Å². The van der Waals surface area contributed by atoms with E-state index in [2.05, 4.69) is 42.2 Å². The van der Waals surface area contributed by atoms with Gasteiger partial charge in [0, 0.05) is 31.8 Å². The predicted octanol–water partition coefficient (Wildman–Crippen LogP) is 4.94. The Balaban J connectivity index is 0.000000906. The number of likely N-dealkylation sites (N-methyl/N-ethyl adjacent to an activating group) is 2. The number of carbonyl (C=O) groups excluding carboxylic acids is 1. The van der Waals surface area contributed by atoms with Crippen molar-refractivity contribution >= 4 is 17.5 Å². The van der Waals surface area contributed by atoms with Crippen molar-refractivity contribution < 1.29 is 11.0 Å². The van der Waals surface area contributed by atoms with Gasteiger partial charge in [-0.25, -0.2) is 4.79 Å². The Morgan fingerprint density at radius 2 is 1.89 bits per heavy atom. The van der Waals surface area contributed by atoms with Crippen molar-refractivity contribution in [2.24, 2.45) is 0 Å². The van der Waals surface area contributed by atoms with Crippen molar-refractivity contribution in [1.82, 2.24) is 4.90 Å². The van der Waals surface area contributed by atoms with Crippen LogP contribution in [0.4, 0.5) is 16.2 Å². The molecular weight excluding hydrogens is 338 g/mol. The van der Waals surface area contributed by atoms with Gasteiger partial charge in [0.25, 0.3) is 0 Å². The maximum absolute atomic E-state index is 12.2. The molecule has 2 atom stereocenters. The van der Waals surface area contributed by atoms with Gasteiger partial charge in [0.15, 0.2) is 0 Å². The molecule has 0 saturated carbocycles. The number of hydrogen-bond acceptors (Lipinski definition) is 4. The van der Waals surface area contributed by atoms with E-state index in [1.54, 1.807) is 0 Å². The zero-order chi connectivity index (χ0) is 19.6. The first kappa shape index (κ1) is 19.2. The summed E-state index contributed by atoms with van der Waals surface area (Å²) in [7, 11) is 4.31. The molecule has 2 aliphatic heterocycles. The summed E-state index contributed by atoms with van der Waals surface area (Å²) in [5.74, 6) is 0.581. The third-order valence-corrected chi connectivity index (χ3v) is 5.53. The van der Waals surface area contributed by atoms with Gasteiger partial charge in [0.2, 0.25) is 0 Å². The molecule has 2 heterocycles. The van der Waals surface area contributed by atoms with E-state index in [0.717, 1.165) is 18.7 Å². The largest absolute Gasteiger partial charge is 0.417 e. The fourth-order valence-corrected chi connectivity index (χ4v) is 4.39. The topological polar surface area (TPSA) is 44.8 Å². The summed E-state index contributed by atoms with van der Waals surface area (Å²) in [4.78, 5) is 16.9. The number of benzene rings is 2. The molecule has 0 aliphatic carbocycles. The van der Waals surface area contributed by atoms with Gasteiger partial charge in [-0.15, -0.1) is 0 Å². The van der Waals surface area contributed by atoms with Crippen molar-refractivity contribution in [2.75, 3.05) is 30.9 Å². The Kier molecular flexibility index (Phi) is 5.42. The molecule has 5 nitrogen and oxygen atoms in total. The first-order valence-electron chi connectivity index (χ1n) is 9.60. The van der Waals surface area contributed by atoms with Crippen molar-refractivity contribution in [3.63, 3.8) is 0 Å². The zero-order valence-corrected chi connectivity index (χ0v) is 16.8. The number of nitrogens with one attached hydrogen (secondary N) is 1. The molecule has 2 aromatic rings. The first-order valence-corrected chi connectivity index (χ1v) is 9.60. The molecule has 146 valence electrons. The van der Waals surface area contributed by atoms with E-state index in [-0.39, 0.29) is 6.84 Å². The van der Waals surface area contributed by atoms with Crippen LogP contribution in [0.15, 0.2) is 48.5 Å². The lowest BCUT2D eigenvalue weighted by Gasteiger charge is -2.32. The maximum atomic E-state index is 12.2. The Bertz CT molecular complexity index is 815. The van der Waals surface area contributed by atoms with E-state index in [4.69, 9.17) is 4.74 Å². The Labute approximate surface area is 163 Å². The molecule has 1 fully saturated rings. The SMILES string of the molecule is CC.CN1CC[C@@]2(C)c3cc(OC(=O)Nc4ccccc4)ccc3N(C)[C@@H]12.[HH]. The van der Waals surface area contributed by atoms with E-state index in [1.165, 1.54) is 11.3 Å². The maximum Gasteiger partial charge on any atom is 0.417 e. The van der Waals surface area contributed by atoms with Crippen molar-refractivity contribution in [3.05, 3.63) is 54.1 Å². The second-order valence-corrected chi connectivity index (χ2v) is 7.19. The normalized spacial score (nSPS) is 23.1. The van der Waals surface area contributed by atoms with Crippen LogP contribution >= 0.6 is 0 Å². The average Bonchev–Trinajstić information content (AvgIpc) is 3.10. The fraction of sp³-hybridized carbons (Fsp3) is 0.409. The highest BCUT2D eigenvalue weighted by molar-refractivity contribution is 5.86. The Morgan fingerprint density at radius 3 is 2.59 bits per heavy atom. The van der Waals surface area contributed by atoms with E-state index >= 15 is 0 Å². The fourth-order valence-electron chi connectivity index (χ4n) is 4.39. The van der Waals surface area contributed by atoms with Crippen LogP contribution in [0.1, 0.15) is 34.2 Å². The monoisotopic (exact) mass is 369 g/mol. The number of amides is 1. The van der Waals surface area contributed by atoms with Crippen molar-refractivity contribution in [1.29, 1.82) is 0 Å². The van der Waals surface area contributed by atoms with Crippen LogP contribution in [0.2, 0.25) is 0 Å². The highest BCUT2D eigenvalue weighted by Crippen LogP contribution is 2.51. The average molecular weight is 370 g/mol. The second-order valence-electron chi connectivity index (χ2n) is 7.19. The highest BCUT2D eigenvalue weighted by atomic mass is 16.6. The summed E-state index contributed by atoms with van der Waals surface area (Å²) in [5, 5.41) is 2.75. The molecule has 1 amide bonds. The second kappa shape index (κ2) is 7.61. The molecule has 1 saturated heterocycles. The minimum absolute atomic E-state index is 0. The first-order chi connectivity index (χ1) is 13.0. The summed E-state index contributed by atoms with van der Waals surface area (Å²) >= 11 is 0. The lowest BCUT2D eigenvalue weighted by molar-refractivity contribution is 0.215. The standard InChI is InChI=1S/C20H23N3O2.C2H6.H2/c1-20-11-12-22(2)18(20)23(3)17-10-9-15(13-16(17)20)25-19(24)21-14-7-5-4-6-8-14;1-2;/h4-10,13,18H,11-12H2,1-3H3,(H,21,24);1-2H3;1H/t18-,20+;;/m1../s1. The lowest BCUT2D eigenvalue weighted by atomic mass is 9.81. The van der Waals surface area contributed by atoms with Crippen molar-refractivity contribution in [3.8, 4) is 5.75 Å². The predicted molar refractivity (Wildman–Crippen MR) is 113 cm³/mol. The molecule has 27 heavy (non-hydrogen) atoms. The van der Waals surface area contributed by atoms with Crippen LogP contribution in [0.5, 0.6) is 5.75 Å². The summed E-state index contributed by atoms with van der Waals surface area (Å²) in [5.41, 5.74) is 3.26. The van der Waals surface area contributed by atoms with E-state index in [1.807, 2.05) is 56.3 Å². The van der Waals surface area contributed by atoms with Gasteiger partial charge in [-0.1, -0.05) is 39.0 Å². The minimum atomic E-state index is -0.470. The molecule has 5 heteroatoms. The molecule has 0 aromatic heterocycles. The van der Waals surface area contributed by atoms with E-state index in [0.29, 0.717) is 11.9 Å². The molecule has 2 aliphatic rings. The van der Waals surface area contributed by atoms with Gasteiger partial charge in [0.1, 0.15) is 5.75 Å².